The molecular weight excluding hydrogens is 264 g/mol. The number of aryl methyl sites for hydroxylation is 1. The smallest absolute Gasteiger partial charge is 0.163 e. The Balaban J connectivity index is 1.84. The summed E-state index contributed by atoms with van der Waals surface area (Å²) in [5.74, 6) is 2.66. The van der Waals surface area contributed by atoms with Gasteiger partial charge >= 0.3 is 0 Å². The predicted octanol–water partition coefficient (Wildman–Crippen LogP) is 2.03. The fraction of sp³-hybridized carbons (Fsp3) is 0.667. The molecule has 0 atom stereocenters. The second kappa shape index (κ2) is 5.97. The first kappa shape index (κ1) is 14.3. The Hall–Kier alpha value is -1.69. The number of nitrogens with zero attached hydrogens (tertiary/aromatic N) is 5. The van der Waals surface area contributed by atoms with Crippen LogP contribution in [0.3, 0.4) is 0 Å². The summed E-state index contributed by atoms with van der Waals surface area (Å²) in [6, 6.07) is 0. The zero-order valence-corrected chi connectivity index (χ0v) is 13.1. The highest BCUT2D eigenvalue weighted by Crippen LogP contribution is 2.29. The predicted molar refractivity (Wildman–Crippen MR) is 84.1 cm³/mol. The standard InChI is InChI=1S/C15H24N6/c1-4-7-16-14-12-8-17-21(3)15(12)19-13(18-14)10-20(2)9-11-5-6-11/h8,11H,4-7,9-10H2,1-3H3,(H,16,18,19). The summed E-state index contributed by atoms with van der Waals surface area (Å²) in [6.45, 7) is 5.00. The minimum absolute atomic E-state index is 0.790. The summed E-state index contributed by atoms with van der Waals surface area (Å²) in [6.07, 6.45) is 5.65. The summed E-state index contributed by atoms with van der Waals surface area (Å²) in [4.78, 5) is 11.7. The number of rotatable bonds is 7. The third-order valence-electron chi connectivity index (χ3n) is 3.86. The van der Waals surface area contributed by atoms with Gasteiger partial charge in [-0.15, -0.1) is 0 Å². The van der Waals surface area contributed by atoms with Gasteiger partial charge < -0.3 is 5.32 Å². The van der Waals surface area contributed by atoms with Crippen LogP contribution in [0.5, 0.6) is 0 Å². The molecule has 6 heteroatoms. The number of hydrogen-bond donors (Lipinski definition) is 1. The van der Waals surface area contributed by atoms with Gasteiger partial charge in [0.1, 0.15) is 11.6 Å². The third kappa shape index (κ3) is 3.32. The lowest BCUT2D eigenvalue weighted by Crippen LogP contribution is -2.22. The van der Waals surface area contributed by atoms with Gasteiger partial charge in [0.2, 0.25) is 0 Å². The number of fused-ring (bicyclic) bond motifs is 1. The van der Waals surface area contributed by atoms with E-state index < -0.39 is 0 Å². The monoisotopic (exact) mass is 288 g/mol. The van der Waals surface area contributed by atoms with Crippen molar-refractivity contribution >= 4 is 16.9 Å². The maximum atomic E-state index is 4.70. The average Bonchev–Trinajstić information content (AvgIpc) is 3.19. The molecule has 0 radical (unpaired) electrons. The molecule has 1 N–H and O–H groups in total. The fourth-order valence-corrected chi connectivity index (χ4v) is 2.56. The van der Waals surface area contributed by atoms with Crippen LogP contribution in [0.25, 0.3) is 11.0 Å². The van der Waals surface area contributed by atoms with Crippen LogP contribution in [0, 0.1) is 5.92 Å². The molecule has 0 aliphatic heterocycles. The molecule has 114 valence electrons. The van der Waals surface area contributed by atoms with Crippen LogP contribution in [0.4, 0.5) is 5.82 Å². The van der Waals surface area contributed by atoms with Crippen molar-refractivity contribution in [2.75, 3.05) is 25.5 Å². The van der Waals surface area contributed by atoms with Gasteiger partial charge in [-0.25, -0.2) is 9.97 Å². The zero-order chi connectivity index (χ0) is 14.8. The van der Waals surface area contributed by atoms with Crippen molar-refractivity contribution in [3.8, 4) is 0 Å². The van der Waals surface area contributed by atoms with Gasteiger partial charge in [0.15, 0.2) is 5.65 Å². The van der Waals surface area contributed by atoms with Crippen LogP contribution in [-0.2, 0) is 13.6 Å². The van der Waals surface area contributed by atoms with Gasteiger partial charge in [-0.1, -0.05) is 6.92 Å². The lowest BCUT2D eigenvalue weighted by atomic mass is 10.3. The van der Waals surface area contributed by atoms with Gasteiger partial charge in [0.05, 0.1) is 18.1 Å². The van der Waals surface area contributed by atoms with Crippen LogP contribution in [0.2, 0.25) is 0 Å². The molecule has 2 aromatic rings. The van der Waals surface area contributed by atoms with Gasteiger partial charge in [0, 0.05) is 20.1 Å². The van der Waals surface area contributed by atoms with E-state index in [4.69, 9.17) is 4.98 Å². The van der Waals surface area contributed by atoms with Crippen LogP contribution in [-0.4, -0.2) is 44.8 Å². The molecule has 6 nitrogen and oxygen atoms in total. The van der Waals surface area contributed by atoms with Crippen LogP contribution in [0.1, 0.15) is 32.0 Å². The van der Waals surface area contributed by atoms with Crippen molar-refractivity contribution in [1.82, 2.24) is 24.6 Å². The van der Waals surface area contributed by atoms with E-state index >= 15 is 0 Å². The molecule has 0 spiro atoms. The Labute approximate surface area is 125 Å². The molecule has 21 heavy (non-hydrogen) atoms. The maximum Gasteiger partial charge on any atom is 0.163 e. The lowest BCUT2D eigenvalue weighted by molar-refractivity contribution is 0.305. The van der Waals surface area contributed by atoms with Crippen LogP contribution >= 0.6 is 0 Å². The fourth-order valence-electron chi connectivity index (χ4n) is 2.56. The highest BCUT2D eigenvalue weighted by Gasteiger charge is 2.23. The topological polar surface area (TPSA) is 58.9 Å². The van der Waals surface area contributed by atoms with E-state index in [2.05, 4.69) is 34.3 Å². The minimum atomic E-state index is 0.790. The molecule has 1 saturated carbocycles. The van der Waals surface area contributed by atoms with Crippen LogP contribution in [0.15, 0.2) is 6.20 Å². The van der Waals surface area contributed by atoms with Gasteiger partial charge in [-0.2, -0.15) is 5.10 Å². The molecule has 1 fully saturated rings. The van der Waals surface area contributed by atoms with Gasteiger partial charge in [0.25, 0.3) is 0 Å². The summed E-state index contributed by atoms with van der Waals surface area (Å²) in [5.41, 5.74) is 0.901. The average molecular weight is 288 g/mol. The van der Waals surface area contributed by atoms with Crippen molar-refractivity contribution < 1.29 is 0 Å². The third-order valence-corrected chi connectivity index (χ3v) is 3.86. The number of anilines is 1. The van der Waals surface area contributed by atoms with E-state index in [1.54, 1.807) is 0 Å². The Morgan fingerprint density at radius 2 is 2.19 bits per heavy atom. The molecule has 2 heterocycles. The van der Waals surface area contributed by atoms with Gasteiger partial charge in [-0.05, 0) is 32.2 Å². The SMILES string of the molecule is CCCNc1nc(CN(C)CC2CC2)nc2c1cnn2C. The molecule has 1 aliphatic carbocycles. The molecule has 0 bridgehead atoms. The van der Waals surface area contributed by atoms with Gasteiger partial charge in [-0.3, -0.25) is 9.58 Å². The molecule has 2 aromatic heterocycles. The highest BCUT2D eigenvalue weighted by atomic mass is 15.3. The molecular formula is C15H24N6. The van der Waals surface area contributed by atoms with E-state index in [9.17, 15) is 0 Å². The first-order valence-electron chi connectivity index (χ1n) is 7.78. The summed E-state index contributed by atoms with van der Waals surface area (Å²) >= 11 is 0. The summed E-state index contributed by atoms with van der Waals surface area (Å²) in [5, 5.41) is 8.70. The molecule has 0 amide bonds. The van der Waals surface area contributed by atoms with E-state index in [0.29, 0.717) is 0 Å². The highest BCUT2D eigenvalue weighted by molar-refractivity contribution is 5.86. The Kier molecular flexibility index (Phi) is 4.05. The van der Waals surface area contributed by atoms with E-state index in [1.165, 1.54) is 12.8 Å². The Bertz CT molecular complexity index is 616. The van der Waals surface area contributed by atoms with Crippen molar-refractivity contribution in [2.45, 2.75) is 32.7 Å². The van der Waals surface area contributed by atoms with Crippen molar-refractivity contribution in [3.63, 3.8) is 0 Å². The first-order chi connectivity index (χ1) is 10.2. The molecule has 0 saturated heterocycles. The zero-order valence-electron chi connectivity index (χ0n) is 13.1. The molecule has 0 aromatic carbocycles. The quantitative estimate of drug-likeness (QED) is 0.844. The number of hydrogen-bond acceptors (Lipinski definition) is 5. The van der Waals surface area contributed by atoms with E-state index in [-0.39, 0.29) is 0 Å². The normalized spacial score (nSPS) is 15.0. The molecule has 3 rings (SSSR count). The summed E-state index contributed by atoms with van der Waals surface area (Å²) in [7, 11) is 4.07. The Morgan fingerprint density at radius 1 is 1.38 bits per heavy atom. The minimum Gasteiger partial charge on any atom is -0.369 e. The second-order valence-electron chi connectivity index (χ2n) is 6.06. The first-order valence-corrected chi connectivity index (χ1v) is 7.78. The number of aromatic nitrogens is 4. The molecule has 0 unspecified atom stereocenters. The second-order valence-corrected chi connectivity index (χ2v) is 6.06. The maximum absolute atomic E-state index is 4.70. The van der Waals surface area contributed by atoms with Crippen LogP contribution < -0.4 is 5.32 Å². The molecule has 1 aliphatic rings. The lowest BCUT2D eigenvalue weighted by Gasteiger charge is -2.16. The number of nitrogens with one attached hydrogen (secondary N) is 1. The van der Waals surface area contributed by atoms with Crippen molar-refractivity contribution in [3.05, 3.63) is 12.0 Å². The van der Waals surface area contributed by atoms with E-state index in [1.807, 2.05) is 17.9 Å². The van der Waals surface area contributed by atoms with Crippen molar-refractivity contribution in [2.24, 2.45) is 13.0 Å². The largest absolute Gasteiger partial charge is 0.369 e. The van der Waals surface area contributed by atoms with E-state index in [0.717, 1.165) is 54.6 Å². The Morgan fingerprint density at radius 3 is 2.90 bits per heavy atom. The van der Waals surface area contributed by atoms with Crippen molar-refractivity contribution in [1.29, 1.82) is 0 Å². The summed E-state index contributed by atoms with van der Waals surface area (Å²) < 4.78 is 1.82.